The molecule has 0 heterocycles. The van der Waals surface area contributed by atoms with Gasteiger partial charge in [0, 0.05) is 13.1 Å². The first-order valence-electron chi connectivity index (χ1n) is 8.76. The number of carboxylic acid groups (broad SMARTS) is 1. The number of aliphatic carboxylic acids is 1. The van der Waals surface area contributed by atoms with Crippen LogP contribution in [0.1, 0.15) is 29.5 Å². The molecule has 0 saturated heterocycles. The second-order valence-electron chi connectivity index (χ2n) is 6.55. The van der Waals surface area contributed by atoms with Crippen LogP contribution < -0.4 is 16.8 Å². The molecule has 1 aliphatic rings. The summed E-state index contributed by atoms with van der Waals surface area (Å²) < 4.78 is 0. The van der Waals surface area contributed by atoms with Gasteiger partial charge in [-0.05, 0) is 47.1 Å². The summed E-state index contributed by atoms with van der Waals surface area (Å²) in [4.78, 5) is 15.3. The van der Waals surface area contributed by atoms with Crippen LogP contribution in [0, 0.1) is 0 Å². The number of fused-ring (bicyclic) bond motifs is 3. The maximum atomic E-state index is 11.4. The van der Waals surface area contributed by atoms with E-state index in [0.717, 1.165) is 12.0 Å². The van der Waals surface area contributed by atoms with Crippen LogP contribution in [0.25, 0.3) is 11.1 Å². The van der Waals surface area contributed by atoms with Crippen molar-refractivity contribution in [3.63, 3.8) is 0 Å². The van der Waals surface area contributed by atoms with Crippen molar-refractivity contribution in [2.45, 2.75) is 31.8 Å². The Labute approximate surface area is 152 Å². The summed E-state index contributed by atoms with van der Waals surface area (Å²) in [5, 5.41) is 12.5. The number of carboxylic acids is 1. The highest BCUT2D eigenvalue weighted by Gasteiger charge is 2.19. The summed E-state index contributed by atoms with van der Waals surface area (Å²) in [5.41, 5.74) is 16.9. The molecule has 2 aromatic carbocycles. The third-order valence-corrected chi connectivity index (χ3v) is 4.65. The summed E-state index contributed by atoms with van der Waals surface area (Å²) in [7, 11) is 0. The van der Waals surface area contributed by atoms with Crippen molar-refractivity contribution < 1.29 is 9.90 Å². The Hall–Kier alpha value is -2.86. The summed E-state index contributed by atoms with van der Waals surface area (Å²) in [6.45, 7) is 0.952. The Balaban J connectivity index is 1.59. The lowest BCUT2D eigenvalue weighted by molar-refractivity contribution is -0.139. The molecular weight excluding hydrogens is 328 g/mol. The van der Waals surface area contributed by atoms with E-state index in [1.165, 1.54) is 22.3 Å². The third kappa shape index (κ3) is 4.21. The molecule has 1 aliphatic carbocycles. The number of hydrogen-bond acceptors (Lipinski definition) is 3. The number of nitrogens with zero attached hydrogens (tertiary/aromatic N) is 1. The van der Waals surface area contributed by atoms with Crippen LogP contribution in [-0.4, -0.2) is 29.6 Å². The maximum absolute atomic E-state index is 11.4. The fourth-order valence-electron chi connectivity index (χ4n) is 3.37. The van der Waals surface area contributed by atoms with E-state index in [1.807, 2.05) is 0 Å². The molecule has 0 unspecified atom stereocenters. The highest BCUT2D eigenvalue weighted by Crippen LogP contribution is 2.36. The van der Waals surface area contributed by atoms with E-state index in [2.05, 4.69) is 52.8 Å². The van der Waals surface area contributed by atoms with E-state index >= 15 is 0 Å². The van der Waals surface area contributed by atoms with E-state index < -0.39 is 12.0 Å². The minimum absolute atomic E-state index is 0.0315. The summed E-state index contributed by atoms with van der Waals surface area (Å²) >= 11 is 0. The minimum Gasteiger partial charge on any atom is -0.480 e. The van der Waals surface area contributed by atoms with E-state index in [9.17, 15) is 9.90 Å². The Morgan fingerprint density at radius 3 is 2.69 bits per heavy atom. The van der Waals surface area contributed by atoms with Crippen LogP contribution in [-0.2, 0) is 17.8 Å². The van der Waals surface area contributed by atoms with Gasteiger partial charge in [0.15, 0.2) is 5.96 Å². The van der Waals surface area contributed by atoms with Crippen molar-refractivity contribution in [1.82, 2.24) is 5.32 Å². The smallest absolute Gasteiger partial charge is 0.320 e. The highest BCUT2D eigenvalue weighted by atomic mass is 16.4. The van der Waals surface area contributed by atoms with E-state index in [1.54, 1.807) is 0 Å². The van der Waals surface area contributed by atoms with Crippen LogP contribution in [0.2, 0.25) is 0 Å². The van der Waals surface area contributed by atoms with E-state index in [4.69, 9.17) is 11.5 Å². The van der Waals surface area contributed by atoms with Crippen molar-refractivity contribution in [3.8, 4) is 11.1 Å². The van der Waals surface area contributed by atoms with E-state index in [-0.39, 0.29) is 5.96 Å². The Morgan fingerprint density at radius 1 is 1.15 bits per heavy atom. The van der Waals surface area contributed by atoms with Gasteiger partial charge in [-0.25, -0.2) is 0 Å². The molecule has 0 radical (unpaired) electrons. The first kappa shape index (κ1) is 17.9. The third-order valence-electron chi connectivity index (χ3n) is 4.65. The molecule has 0 saturated carbocycles. The van der Waals surface area contributed by atoms with Crippen LogP contribution in [0.3, 0.4) is 0 Å². The lowest BCUT2D eigenvalue weighted by Gasteiger charge is -2.14. The van der Waals surface area contributed by atoms with Crippen LogP contribution in [0.4, 0.5) is 0 Å². The summed E-state index contributed by atoms with van der Waals surface area (Å²) in [6, 6.07) is 14.2. The first-order chi connectivity index (χ1) is 12.5. The van der Waals surface area contributed by atoms with Crippen LogP contribution >= 0.6 is 0 Å². The summed E-state index contributed by atoms with van der Waals surface area (Å²) in [5.74, 6) is -0.827. The SMILES string of the molecule is NC(N)=NCCC[C@@H](NCc1ccc2c(c1)Cc1ccccc1-2)C(=O)O. The Bertz CT molecular complexity index is 828. The molecule has 0 spiro atoms. The number of nitrogens with one attached hydrogen (secondary N) is 1. The second-order valence-corrected chi connectivity index (χ2v) is 6.55. The van der Waals surface area contributed by atoms with Gasteiger partial charge >= 0.3 is 5.97 Å². The van der Waals surface area contributed by atoms with Crippen LogP contribution in [0.5, 0.6) is 0 Å². The van der Waals surface area contributed by atoms with Crippen molar-refractivity contribution in [2.75, 3.05) is 6.54 Å². The topological polar surface area (TPSA) is 114 Å². The molecule has 0 aromatic heterocycles. The van der Waals surface area contributed by atoms with Crippen molar-refractivity contribution >= 4 is 11.9 Å². The number of carbonyl (C=O) groups is 1. The van der Waals surface area contributed by atoms with Crippen LogP contribution in [0.15, 0.2) is 47.5 Å². The molecule has 136 valence electrons. The largest absolute Gasteiger partial charge is 0.480 e. The zero-order chi connectivity index (χ0) is 18.5. The molecule has 26 heavy (non-hydrogen) atoms. The van der Waals surface area contributed by atoms with Gasteiger partial charge in [0.05, 0.1) is 0 Å². The predicted molar refractivity (Wildman–Crippen MR) is 103 cm³/mol. The maximum Gasteiger partial charge on any atom is 0.320 e. The monoisotopic (exact) mass is 352 g/mol. The van der Waals surface area contributed by atoms with Gasteiger partial charge in [0.25, 0.3) is 0 Å². The normalized spacial score (nSPS) is 12.9. The molecule has 6 heteroatoms. The molecular formula is C20H24N4O2. The average Bonchev–Trinajstić information content (AvgIpc) is 2.98. The second kappa shape index (κ2) is 8.01. The molecule has 0 fully saturated rings. The quantitative estimate of drug-likeness (QED) is 0.281. The van der Waals surface area contributed by atoms with Gasteiger partial charge in [0.2, 0.25) is 0 Å². The number of hydrogen-bond donors (Lipinski definition) is 4. The number of aliphatic imine (C=N–C) groups is 1. The van der Waals surface area contributed by atoms with Crippen molar-refractivity contribution in [3.05, 3.63) is 59.2 Å². The number of nitrogens with two attached hydrogens (primary N) is 2. The molecule has 3 rings (SSSR count). The Kier molecular flexibility index (Phi) is 5.53. The first-order valence-corrected chi connectivity index (χ1v) is 8.76. The van der Waals surface area contributed by atoms with Gasteiger partial charge in [-0.15, -0.1) is 0 Å². The molecule has 6 N–H and O–H groups in total. The van der Waals surface area contributed by atoms with Crippen molar-refractivity contribution in [1.29, 1.82) is 0 Å². The molecule has 0 amide bonds. The lowest BCUT2D eigenvalue weighted by Crippen LogP contribution is -2.36. The van der Waals surface area contributed by atoms with Gasteiger partial charge in [-0.1, -0.05) is 42.5 Å². The highest BCUT2D eigenvalue weighted by molar-refractivity contribution is 5.77. The average molecular weight is 352 g/mol. The number of guanidine groups is 1. The summed E-state index contributed by atoms with van der Waals surface area (Å²) in [6.07, 6.45) is 2.02. The zero-order valence-electron chi connectivity index (χ0n) is 14.6. The molecule has 1 atom stereocenters. The standard InChI is InChI=1S/C20H24N4O2/c21-20(22)23-9-3-6-18(19(25)26)24-12-13-7-8-17-15(10-13)11-14-4-1-2-5-16(14)17/h1-2,4-5,7-8,10,18,24H,3,6,9,11-12H2,(H,25,26)(H4,21,22,23)/t18-/m1/s1. The number of rotatable bonds is 8. The lowest BCUT2D eigenvalue weighted by atomic mass is 10.0. The van der Waals surface area contributed by atoms with Crippen molar-refractivity contribution in [2.24, 2.45) is 16.5 Å². The molecule has 6 nitrogen and oxygen atoms in total. The Morgan fingerprint density at radius 2 is 1.92 bits per heavy atom. The van der Waals surface area contributed by atoms with Gasteiger partial charge in [0.1, 0.15) is 6.04 Å². The molecule has 0 aliphatic heterocycles. The minimum atomic E-state index is -0.858. The molecule has 0 bridgehead atoms. The van der Waals surface area contributed by atoms with Gasteiger partial charge in [-0.2, -0.15) is 0 Å². The van der Waals surface area contributed by atoms with Gasteiger partial charge < -0.3 is 21.9 Å². The van der Waals surface area contributed by atoms with Gasteiger partial charge in [-0.3, -0.25) is 9.79 Å². The molecule has 2 aromatic rings. The fourth-order valence-corrected chi connectivity index (χ4v) is 3.37. The predicted octanol–water partition coefficient (Wildman–Crippen LogP) is 1.85. The zero-order valence-corrected chi connectivity index (χ0v) is 14.6. The fraction of sp³-hybridized carbons (Fsp3) is 0.300. The van der Waals surface area contributed by atoms with E-state index in [0.29, 0.717) is 25.9 Å². The number of benzene rings is 2.